The molecule has 0 atom stereocenters. The van der Waals surface area contributed by atoms with Crippen LogP contribution < -0.4 is 0 Å². The molecule has 0 fully saturated rings. The van der Waals surface area contributed by atoms with Gasteiger partial charge in [-0.1, -0.05) is 41.5 Å². The van der Waals surface area contributed by atoms with Gasteiger partial charge in [0, 0.05) is 27.4 Å². The molecule has 0 unspecified atom stereocenters. The van der Waals surface area contributed by atoms with Crippen LogP contribution in [-0.2, 0) is 13.3 Å². The average Bonchev–Trinajstić information content (AvgIpc) is 2.90. The standard InChI is InChI=1S/C29H65N3O3Si/c1-10-22-30(13-4)25-16-19-29(28-36(33-7,34-8)35-9,20-17-26-31(14-5)23-11-2)21-18-27-32(15-6)24-12-3/h10-28H2,1-9H3. The molecule has 0 saturated heterocycles. The van der Waals surface area contributed by atoms with Crippen LogP contribution in [0.15, 0.2) is 0 Å². The molecule has 0 amide bonds. The minimum absolute atomic E-state index is 0.192. The molecule has 6 nitrogen and oxygen atoms in total. The monoisotopic (exact) mass is 531 g/mol. The van der Waals surface area contributed by atoms with E-state index in [2.05, 4.69) is 56.2 Å². The molecule has 0 N–H and O–H groups in total. The highest BCUT2D eigenvalue weighted by Gasteiger charge is 2.46. The molecule has 218 valence electrons. The zero-order valence-electron chi connectivity index (χ0n) is 26.0. The number of hydrogen-bond donors (Lipinski definition) is 0. The largest absolute Gasteiger partial charge is 0.500 e. The normalized spacial score (nSPS) is 13.0. The molecule has 0 aliphatic carbocycles. The van der Waals surface area contributed by atoms with Crippen molar-refractivity contribution in [3.63, 3.8) is 0 Å². The van der Waals surface area contributed by atoms with E-state index in [1.54, 1.807) is 21.3 Å². The van der Waals surface area contributed by atoms with Gasteiger partial charge in [-0.05, 0) is 122 Å². The maximum absolute atomic E-state index is 6.02. The fourth-order valence-corrected chi connectivity index (χ4v) is 8.21. The van der Waals surface area contributed by atoms with E-state index >= 15 is 0 Å². The summed E-state index contributed by atoms with van der Waals surface area (Å²) in [5.41, 5.74) is 0.192. The highest BCUT2D eigenvalue weighted by molar-refractivity contribution is 6.60. The fourth-order valence-electron chi connectivity index (χ4n) is 5.83. The minimum atomic E-state index is -2.70. The van der Waals surface area contributed by atoms with Crippen LogP contribution >= 0.6 is 0 Å². The first-order valence-corrected chi connectivity index (χ1v) is 17.1. The van der Waals surface area contributed by atoms with Crippen LogP contribution in [0.1, 0.15) is 99.3 Å². The topological polar surface area (TPSA) is 37.4 Å². The summed E-state index contributed by atoms with van der Waals surface area (Å²) < 4.78 is 18.0. The van der Waals surface area contributed by atoms with Gasteiger partial charge in [0.1, 0.15) is 0 Å². The first kappa shape index (κ1) is 36.0. The third kappa shape index (κ3) is 14.2. The summed E-state index contributed by atoms with van der Waals surface area (Å²) in [5.74, 6) is 0. The maximum Gasteiger partial charge on any atom is 0.500 e. The lowest BCUT2D eigenvalue weighted by Gasteiger charge is -2.40. The molecule has 0 heterocycles. The average molecular weight is 532 g/mol. The van der Waals surface area contributed by atoms with E-state index in [-0.39, 0.29) is 5.41 Å². The van der Waals surface area contributed by atoms with E-state index in [0.29, 0.717) is 0 Å². The molecule has 0 aliphatic heterocycles. The number of rotatable bonds is 26. The van der Waals surface area contributed by atoms with E-state index in [4.69, 9.17) is 13.3 Å². The highest BCUT2D eigenvalue weighted by atomic mass is 28.4. The van der Waals surface area contributed by atoms with E-state index in [9.17, 15) is 0 Å². The van der Waals surface area contributed by atoms with Gasteiger partial charge in [0.15, 0.2) is 0 Å². The van der Waals surface area contributed by atoms with Gasteiger partial charge in [-0.2, -0.15) is 0 Å². The second-order valence-electron chi connectivity index (χ2n) is 10.6. The first-order chi connectivity index (χ1) is 17.4. The van der Waals surface area contributed by atoms with Crippen molar-refractivity contribution in [3.8, 4) is 0 Å². The van der Waals surface area contributed by atoms with E-state index < -0.39 is 8.80 Å². The lowest BCUT2D eigenvalue weighted by Crippen LogP contribution is -2.48. The van der Waals surface area contributed by atoms with E-state index in [0.717, 1.165) is 25.7 Å². The van der Waals surface area contributed by atoms with Crippen molar-refractivity contribution in [2.24, 2.45) is 5.41 Å². The number of hydrogen-bond acceptors (Lipinski definition) is 6. The maximum atomic E-state index is 6.02. The fraction of sp³-hybridized carbons (Fsp3) is 1.00. The van der Waals surface area contributed by atoms with Crippen LogP contribution in [0.2, 0.25) is 6.04 Å². The molecule has 36 heavy (non-hydrogen) atoms. The van der Waals surface area contributed by atoms with Gasteiger partial charge < -0.3 is 28.0 Å². The molecule has 7 heteroatoms. The lowest BCUT2D eigenvalue weighted by molar-refractivity contribution is 0.0903. The van der Waals surface area contributed by atoms with Crippen molar-refractivity contribution in [2.45, 2.75) is 105 Å². The Morgan fingerprint density at radius 1 is 0.500 bits per heavy atom. The summed E-state index contributed by atoms with van der Waals surface area (Å²) in [6, 6.07) is 0.920. The van der Waals surface area contributed by atoms with Crippen LogP contribution in [0.3, 0.4) is 0 Å². The molecule has 0 aromatic heterocycles. The van der Waals surface area contributed by atoms with Gasteiger partial charge in [0.2, 0.25) is 0 Å². The summed E-state index contributed by atoms with van der Waals surface area (Å²) in [6.45, 7) is 24.3. The smallest absolute Gasteiger partial charge is 0.377 e. The van der Waals surface area contributed by atoms with Crippen LogP contribution in [0.5, 0.6) is 0 Å². The SMILES string of the molecule is CCCN(CC)CCCC(CCCN(CC)CCC)(CCCN(CC)CCC)C[Si](OC)(OC)OC. The zero-order chi connectivity index (χ0) is 27.3. The van der Waals surface area contributed by atoms with Gasteiger partial charge in [-0.25, -0.2) is 0 Å². The summed E-state index contributed by atoms with van der Waals surface area (Å²) >= 11 is 0. The van der Waals surface area contributed by atoms with E-state index in [1.165, 1.54) is 97.1 Å². The minimum Gasteiger partial charge on any atom is -0.377 e. The van der Waals surface area contributed by atoms with Crippen LogP contribution in [0.4, 0.5) is 0 Å². The Morgan fingerprint density at radius 2 is 0.806 bits per heavy atom. The molecule has 0 rings (SSSR count). The van der Waals surface area contributed by atoms with Gasteiger partial charge in [-0.3, -0.25) is 0 Å². The molecular formula is C29H65N3O3Si. The van der Waals surface area contributed by atoms with Crippen molar-refractivity contribution in [3.05, 3.63) is 0 Å². The summed E-state index contributed by atoms with van der Waals surface area (Å²) in [4.78, 5) is 7.83. The summed E-state index contributed by atoms with van der Waals surface area (Å²) in [7, 11) is 2.65. The molecule has 0 aromatic carbocycles. The van der Waals surface area contributed by atoms with Crippen molar-refractivity contribution in [2.75, 3.05) is 80.2 Å². The van der Waals surface area contributed by atoms with Gasteiger partial charge in [0.25, 0.3) is 0 Å². The Morgan fingerprint density at radius 3 is 1.03 bits per heavy atom. The number of nitrogens with zero attached hydrogens (tertiary/aromatic N) is 3. The van der Waals surface area contributed by atoms with Gasteiger partial charge in [0.05, 0.1) is 0 Å². The third-order valence-corrected chi connectivity index (χ3v) is 11.1. The van der Waals surface area contributed by atoms with Crippen molar-refractivity contribution < 1.29 is 13.3 Å². The second-order valence-corrected chi connectivity index (χ2v) is 13.5. The Kier molecular flexibility index (Phi) is 21.8. The predicted octanol–water partition coefficient (Wildman–Crippen LogP) is 6.39. The van der Waals surface area contributed by atoms with Crippen molar-refractivity contribution >= 4 is 8.80 Å². The zero-order valence-corrected chi connectivity index (χ0v) is 27.0. The quantitative estimate of drug-likeness (QED) is 0.120. The van der Waals surface area contributed by atoms with Crippen molar-refractivity contribution in [1.82, 2.24) is 14.7 Å². The van der Waals surface area contributed by atoms with Crippen LogP contribution in [0.25, 0.3) is 0 Å². The molecule has 0 saturated carbocycles. The molecule has 0 aromatic rings. The van der Waals surface area contributed by atoms with E-state index in [1.807, 2.05) is 0 Å². The Labute approximate surface area is 227 Å². The lowest BCUT2D eigenvalue weighted by atomic mass is 9.76. The first-order valence-electron chi connectivity index (χ1n) is 15.2. The summed E-state index contributed by atoms with van der Waals surface area (Å²) in [5, 5.41) is 0. The second kappa shape index (κ2) is 21.9. The van der Waals surface area contributed by atoms with Crippen molar-refractivity contribution in [1.29, 1.82) is 0 Å². The van der Waals surface area contributed by atoms with Gasteiger partial charge in [-0.15, -0.1) is 0 Å². The third-order valence-electron chi connectivity index (χ3n) is 8.03. The molecular weight excluding hydrogens is 466 g/mol. The predicted molar refractivity (Wildman–Crippen MR) is 159 cm³/mol. The Hall–Kier alpha value is -0.0231. The van der Waals surface area contributed by atoms with Crippen LogP contribution in [0, 0.1) is 5.41 Å². The highest BCUT2D eigenvalue weighted by Crippen LogP contribution is 2.43. The Balaban J connectivity index is 5.78. The molecule has 0 spiro atoms. The Bertz CT molecular complexity index is 436. The molecule has 0 bridgehead atoms. The summed E-state index contributed by atoms with van der Waals surface area (Å²) in [6.07, 6.45) is 11.0. The van der Waals surface area contributed by atoms with Gasteiger partial charge >= 0.3 is 8.80 Å². The molecule has 0 aliphatic rings. The van der Waals surface area contributed by atoms with Crippen LogP contribution in [-0.4, -0.2) is 104 Å². The molecule has 0 radical (unpaired) electrons.